The molecule has 0 aliphatic carbocycles. The highest BCUT2D eigenvalue weighted by atomic mass is 32.2. The molecule has 0 saturated carbocycles. The Balaban J connectivity index is 1.84. The summed E-state index contributed by atoms with van der Waals surface area (Å²) in [7, 11) is 0. The van der Waals surface area contributed by atoms with Gasteiger partial charge in [-0.25, -0.2) is 0 Å². The van der Waals surface area contributed by atoms with Crippen molar-refractivity contribution in [3.8, 4) is 0 Å². The van der Waals surface area contributed by atoms with Crippen LogP contribution in [0.2, 0.25) is 0 Å². The number of unbranched alkanes of at least 4 members (excludes halogenated alkanes) is 6. The zero-order valence-electron chi connectivity index (χ0n) is 10.8. The molecule has 0 aromatic carbocycles. The Morgan fingerprint density at radius 3 is 2.53 bits per heavy atom. The number of aromatic nitrogens is 1. The van der Waals surface area contributed by atoms with E-state index in [9.17, 15) is 0 Å². The van der Waals surface area contributed by atoms with Crippen LogP contribution in [0.15, 0.2) is 10.6 Å². The summed E-state index contributed by atoms with van der Waals surface area (Å²) in [6.45, 7) is 2.26. The van der Waals surface area contributed by atoms with Gasteiger partial charge in [-0.15, -0.1) is 0 Å². The fraction of sp³-hybridized carbons (Fsp3) is 0.769. The summed E-state index contributed by atoms with van der Waals surface area (Å²) in [5, 5.41) is 3.66. The van der Waals surface area contributed by atoms with Gasteiger partial charge in [0.15, 0.2) is 5.82 Å². The van der Waals surface area contributed by atoms with E-state index >= 15 is 0 Å². The summed E-state index contributed by atoms with van der Waals surface area (Å²) in [5.41, 5.74) is 5.47. The molecule has 1 aromatic heterocycles. The maximum absolute atomic E-state index is 5.47. The smallest absolute Gasteiger partial charge is 0.167 e. The van der Waals surface area contributed by atoms with Gasteiger partial charge in [0, 0.05) is 6.07 Å². The zero-order chi connectivity index (χ0) is 12.3. The second-order valence-corrected chi connectivity index (χ2v) is 5.50. The van der Waals surface area contributed by atoms with Crippen molar-refractivity contribution in [1.29, 1.82) is 0 Å². The number of anilines is 1. The Labute approximate surface area is 109 Å². The van der Waals surface area contributed by atoms with Crippen LogP contribution in [0.25, 0.3) is 0 Å². The van der Waals surface area contributed by atoms with Crippen molar-refractivity contribution < 1.29 is 4.52 Å². The van der Waals surface area contributed by atoms with Gasteiger partial charge in [0.05, 0.1) is 5.75 Å². The predicted molar refractivity (Wildman–Crippen MR) is 75.1 cm³/mol. The minimum absolute atomic E-state index is 0.483. The zero-order valence-corrected chi connectivity index (χ0v) is 11.6. The minimum Gasteiger partial charge on any atom is -0.381 e. The number of nitrogen functional groups attached to an aromatic ring is 1. The second-order valence-electron chi connectivity index (χ2n) is 4.39. The van der Waals surface area contributed by atoms with Gasteiger partial charge in [-0.1, -0.05) is 50.6 Å². The van der Waals surface area contributed by atoms with Crippen LogP contribution in [0.1, 0.15) is 57.6 Å². The molecule has 98 valence electrons. The summed E-state index contributed by atoms with van der Waals surface area (Å²) >= 11 is 1.90. The number of thioether (sulfide) groups is 1. The average Bonchev–Trinajstić information content (AvgIpc) is 2.73. The van der Waals surface area contributed by atoms with Gasteiger partial charge in [-0.2, -0.15) is 11.8 Å². The fourth-order valence-corrected chi connectivity index (χ4v) is 2.62. The number of nitrogens with zero attached hydrogens (tertiary/aromatic N) is 1. The number of rotatable bonds is 10. The van der Waals surface area contributed by atoms with Crippen molar-refractivity contribution >= 4 is 17.6 Å². The lowest BCUT2D eigenvalue weighted by Crippen LogP contribution is -1.84. The maximum atomic E-state index is 5.47. The Bertz CT molecular complexity index is 289. The quantitative estimate of drug-likeness (QED) is 0.636. The van der Waals surface area contributed by atoms with Crippen molar-refractivity contribution in [2.24, 2.45) is 0 Å². The highest BCUT2D eigenvalue weighted by Gasteiger charge is 2.00. The van der Waals surface area contributed by atoms with E-state index in [2.05, 4.69) is 12.1 Å². The molecule has 0 atom stereocenters. The molecule has 0 aliphatic heterocycles. The van der Waals surface area contributed by atoms with Crippen LogP contribution < -0.4 is 5.73 Å². The van der Waals surface area contributed by atoms with E-state index in [-0.39, 0.29) is 0 Å². The first-order valence-electron chi connectivity index (χ1n) is 6.61. The van der Waals surface area contributed by atoms with Gasteiger partial charge in [0.1, 0.15) is 5.76 Å². The third-order valence-electron chi connectivity index (χ3n) is 2.71. The van der Waals surface area contributed by atoms with Crippen molar-refractivity contribution in [3.05, 3.63) is 11.8 Å². The Morgan fingerprint density at radius 1 is 1.18 bits per heavy atom. The molecule has 3 nitrogen and oxygen atoms in total. The lowest BCUT2D eigenvalue weighted by atomic mass is 10.1. The van der Waals surface area contributed by atoms with E-state index in [1.807, 2.05) is 11.8 Å². The average molecular weight is 256 g/mol. The third kappa shape index (κ3) is 7.31. The Kier molecular flexibility index (Phi) is 7.97. The molecule has 0 unspecified atom stereocenters. The first kappa shape index (κ1) is 14.4. The van der Waals surface area contributed by atoms with E-state index in [1.165, 1.54) is 50.7 Å². The standard InChI is InChI=1S/C13H24N2OS/c1-2-3-4-5-6-7-8-9-17-11-12-10-13(14)15-16-12/h10H,2-9,11H2,1H3,(H2,14,15). The van der Waals surface area contributed by atoms with E-state index in [1.54, 1.807) is 6.07 Å². The summed E-state index contributed by atoms with van der Waals surface area (Å²) in [4.78, 5) is 0. The maximum Gasteiger partial charge on any atom is 0.167 e. The molecule has 0 saturated heterocycles. The highest BCUT2D eigenvalue weighted by molar-refractivity contribution is 7.98. The molecule has 0 radical (unpaired) electrons. The molecule has 2 N–H and O–H groups in total. The topological polar surface area (TPSA) is 52.0 Å². The number of hydrogen-bond acceptors (Lipinski definition) is 4. The van der Waals surface area contributed by atoms with Crippen molar-refractivity contribution in [3.63, 3.8) is 0 Å². The SMILES string of the molecule is CCCCCCCCCSCc1cc(N)no1. The van der Waals surface area contributed by atoms with Crippen LogP contribution in [0.5, 0.6) is 0 Å². The Morgan fingerprint density at radius 2 is 1.88 bits per heavy atom. The molecular weight excluding hydrogens is 232 g/mol. The number of nitrogens with two attached hydrogens (primary N) is 1. The van der Waals surface area contributed by atoms with Gasteiger partial charge < -0.3 is 10.3 Å². The molecule has 0 fully saturated rings. The lowest BCUT2D eigenvalue weighted by molar-refractivity contribution is 0.398. The van der Waals surface area contributed by atoms with Gasteiger partial charge in [0.2, 0.25) is 0 Å². The molecule has 0 amide bonds. The lowest BCUT2D eigenvalue weighted by Gasteiger charge is -2.00. The van der Waals surface area contributed by atoms with Gasteiger partial charge in [-0.3, -0.25) is 0 Å². The van der Waals surface area contributed by atoms with E-state index < -0.39 is 0 Å². The van der Waals surface area contributed by atoms with Crippen molar-refractivity contribution in [2.45, 2.75) is 57.6 Å². The second kappa shape index (κ2) is 9.40. The van der Waals surface area contributed by atoms with Crippen LogP contribution in [0.3, 0.4) is 0 Å². The van der Waals surface area contributed by atoms with Crippen molar-refractivity contribution in [1.82, 2.24) is 5.16 Å². The number of hydrogen-bond donors (Lipinski definition) is 1. The normalized spacial score (nSPS) is 10.9. The van der Waals surface area contributed by atoms with Gasteiger partial charge >= 0.3 is 0 Å². The summed E-state index contributed by atoms with van der Waals surface area (Å²) < 4.78 is 5.04. The largest absolute Gasteiger partial charge is 0.381 e. The first-order chi connectivity index (χ1) is 8.33. The van der Waals surface area contributed by atoms with Crippen molar-refractivity contribution in [2.75, 3.05) is 11.5 Å². The van der Waals surface area contributed by atoms with Gasteiger partial charge in [0.25, 0.3) is 0 Å². The van der Waals surface area contributed by atoms with Crippen LogP contribution >= 0.6 is 11.8 Å². The van der Waals surface area contributed by atoms with E-state index in [0.717, 1.165) is 11.5 Å². The molecule has 4 heteroatoms. The molecule has 0 bridgehead atoms. The molecule has 1 aromatic rings. The Hall–Kier alpha value is -0.640. The third-order valence-corrected chi connectivity index (χ3v) is 3.78. The van der Waals surface area contributed by atoms with E-state index in [4.69, 9.17) is 10.3 Å². The van der Waals surface area contributed by atoms with Crippen LogP contribution in [0.4, 0.5) is 5.82 Å². The fourth-order valence-electron chi connectivity index (χ4n) is 1.73. The van der Waals surface area contributed by atoms with Crippen LogP contribution in [0, 0.1) is 0 Å². The molecule has 1 heterocycles. The molecule has 0 spiro atoms. The van der Waals surface area contributed by atoms with E-state index in [0.29, 0.717) is 5.82 Å². The van der Waals surface area contributed by atoms with Crippen LogP contribution in [-0.2, 0) is 5.75 Å². The first-order valence-corrected chi connectivity index (χ1v) is 7.77. The molecule has 17 heavy (non-hydrogen) atoms. The minimum atomic E-state index is 0.483. The summed E-state index contributed by atoms with van der Waals surface area (Å²) in [6.07, 6.45) is 9.57. The highest BCUT2D eigenvalue weighted by Crippen LogP contribution is 2.16. The summed E-state index contributed by atoms with van der Waals surface area (Å²) in [5.74, 6) is 3.46. The summed E-state index contributed by atoms with van der Waals surface area (Å²) in [6, 6.07) is 1.80. The van der Waals surface area contributed by atoms with Gasteiger partial charge in [-0.05, 0) is 12.2 Å². The van der Waals surface area contributed by atoms with Crippen LogP contribution in [-0.4, -0.2) is 10.9 Å². The molecular formula is C13H24N2OS. The molecule has 1 rings (SSSR count). The monoisotopic (exact) mass is 256 g/mol. The molecule has 0 aliphatic rings. The predicted octanol–water partition coefficient (Wildman–Crippen LogP) is 4.24.